The Morgan fingerprint density at radius 2 is 1.78 bits per heavy atom. The molecule has 1 aliphatic heterocycles. The first-order chi connectivity index (χ1) is 8.09. The molecule has 18 heavy (non-hydrogen) atoms. The molecule has 6 heteroatoms. The molecule has 1 saturated carbocycles. The lowest BCUT2D eigenvalue weighted by Crippen LogP contribution is -2.54. The van der Waals surface area contributed by atoms with E-state index in [-0.39, 0.29) is 19.0 Å². The van der Waals surface area contributed by atoms with Gasteiger partial charge in [-0.25, -0.2) is 0 Å². The van der Waals surface area contributed by atoms with Gasteiger partial charge in [0.2, 0.25) is 0 Å². The van der Waals surface area contributed by atoms with Gasteiger partial charge >= 0.3 is 11.9 Å². The lowest BCUT2D eigenvalue weighted by Gasteiger charge is -2.42. The van der Waals surface area contributed by atoms with Crippen LogP contribution in [0.2, 0.25) is 0 Å². The van der Waals surface area contributed by atoms with Crippen molar-refractivity contribution in [3.05, 3.63) is 0 Å². The third-order valence-corrected chi connectivity index (χ3v) is 4.47. The average molecular weight is 278 g/mol. The summed E-state index contributed by atoms with van der Waals surface area (Å²) in [6.07, 6.45) is 4.70. The monoisotopic (exact) mass is 277 g/mol. The van der Waals surface area contributed by atoms with Gasteiger partial charge in [-0.15, -0.1) is 12.4 Å². The molecular formula is C12H20ClNO4. The topological polar surface area (TPSA) is 75.6 Å². The Bertz CT molecular complexity index is 341. The van der Waals surface area contributed by atoms with Crippen LogP contribution in [0.3, 0.4) is 0 Å². The van der Waals surface area contributed by atoms with E-state index >= 15 is 0 Å². The number of methoxy groups -OCH3 is 1. The number of carboxylic acids is 1. The van der Waals surface area contributed by atoms with Gasteiger partial charge in [-0.05, 0) is 12.8 Å². The van der Waals surface area contributed by atoms with Crippen LogP contribution < -0.4 is 5.32 Å². The fourth-order valence-corrected chi connectivity index (χ4v) is 3.51. The molecule has 0 aromatic heterocycles. The molecule has 0 amide bonds. The summed E-state index contributed by atoms with van der Waals surface area (Å²) in [5.41, 5.74) is -1.84. The van der Waals surface area contributed by atoms with Crippen molar-refractivity contribution in [2.24, 2.45) is 10.8 Å². The molecular weight excluding hydrogens is 258 g/mol. The van der Waals surface area contributed by atoms with Crippen molar-refractivity contribution in [3.8, 4) is 0 Å². The standard InChI is InChI=1S/C12H19NO4.ClH/c1-17-10(16)12(9(14)15)8-13-7-11(12)5-3-2-4-6-11;/h13H,2-8H2,1H3,(H,14,15);1H. The number of nitrogens with one attached hydrogen (secondary N) is 1. The van der Waals surface area contributed by atoms with Crippen LogP contribution in [-0.4, -0.2) is 37.2 Å². The highest BCUT2D eigenvalue weighted by molar-refractivity contribution is 6.01. The van der Waals surface area contributed by atoms with E-state index < -0.39 is 22.8 Å². The highest BCUT2D eigenvalue weighted by atomic mass is 35.5. The van der Waals surface area contributed by atoms with E-state index in [1.165, 1.54) is 7.11 Å². The van der Waals surface area contributed by atoms with Gasteiger partial charge in [0.1, 0.15) is 0 Å². The smallest absolute Gasteiger partial charge is 0.325 e. The van der Waals surface area contributed by atoms with Gasteiger partial charge < -0.3 is 15.2 Å². The van der Waals surface area contributed by atoms with Crippen LogP contribution in [0.5, 0.6) is 0 Å². The van der Waals surface area contributed by atoms with Gasteiger partial charge in [-0.3, -0.25) is 9.59 Å². The molecule has 0 aromatic carbocycles. The Hall–Kier alpha value is -0.810. The second-order valence-electron chi connectivity index (χ2n) is 5.15. The molecule has 5 nitrogen and oxygen atoms in total. The molecule has 0 radical (unpaired) electrons. The zero-order valence-electron chi connectivity index (χ0n) is 10.5. The Kier molecular flexibility index (Phi) is 4.61. The summed E-state index contributed by atoms with van der Waals surface area (Å²) in [6.45, 7) is 0.795. The maximum atomic E-state index is 12.0. The first kappa shape index (κ1) is 15.2. The van der Waals surface area contributed by atoms with E-state index in [2.05, 4.69) is 5.32 Å². The SMILES string of the molecule is COC(=O)C1(C(=O)O)CNCC12CCCCC2.Cl. The number of hydrogen-bond donors (Lipinski definition) is 2. The van der Waals surface area contributed by atoms with Gasteiger partial charge in [-0.1, -0.05) is 19.3 Å². The summed E-state index contributed by atoms with van der Waals surface area (Å²) < 4.78 is 4.77. The van der Waals surface area contributed by atoms with E-state index in [0.717, 1.165) is 32.1 Å². The lowest BCUT2D eigenvalue weighted by atomic mass is 9.58. The second-order valence-corrected chi connectivity index (χ2v) is 5.15. The lowest BCUT2D eigenvalue weighted by molar-refractivity contribution is -0.175. The number of ether oxygens (including phenoxy) is 1. The molecule has 104 valence electrons. The van der Waals surface area contributed by atoms with Crippen LogP contribution in [0.15, 0.2) is 0 Å². The summed E-state index contributed by atoms with van der Waals surface area (Å²) in [6, 6.07) is 0. The van der Waals surface area contributed by atoms with Crippen LogP contribution in [0.1, 0.15) is 32.1 Å². The molecule has 0 aromatic rings. The van der Waals surface area contributed by atoms with Crippen molar-refractivity contribution in [1.29, 1.82) is 0 Å². The third kappa shape index (κ3) is 1.89. The van der Waals surface area contributed by atoms with Crippen molar-refractivity contribution in [3.63, 3.8) is 0 Å². The van der Waals surface area contributed by atoms with Crippen LogP contribution in [0.25, 0.3) is 0 Å². The molecule has 1 unspecified atom stereocenters. The number of halogens is 1. The molecule has 1 saturated heterocycles. The van der Waals surface area contributed by atoms with Gasteiger partial charge in [0.05, 0.1) is 7.11 Å². The van der Waals surface area contributed by atoms with Crippen molar-refractivity contribution < 1.29 is 19.4 Å². The Morgan fingerprint density at radius 1 is 1.17 bits per heavy atom. The van der Waals surface area contributed by atoms with E-state index in [1.54, 1.807) is 0 Å². The number of aliphatic carboxylic acids is 1. The number of hydrogen-bond acceptors (Lipinski definition) is 4. The van der Waals surface area contributed by atoms with Crippen molar-refractivity contribution in [2.45, 2.75) is 32.1 Å². The van der Waals surface area contributed by atoms with E-state index in [0.29, 0.717) is 6.54 Å². The minimum Gasteiger partial charge on any atom is -0.480 e. The molecule has 1 atom stereocenters. The minimum absolute atomic E-state index is 0. The predicted octanol–water partition coefficient (Wildman–Crippen LogP) is 1.21. The molecule has 1 heterocycles. The number of carbonyl (C=O) groups is 2. The number of esters is 1. The van der Waals surface area contributed by atoms with E-state index in [9.17, 15) is 14.7 Å². The number of carbonyl (C=O) groups excluding carboxylic acids is 1. The molecule has 0 bridgehead atoms. The molecule has 2 fully saturated rings. The largest absolute Gasteiger partial charge is 0.480 e. The number of rotatable bonds is 2. The first-order valence-corrected chi connectivity index (χ1v) is 6.12. The Balaban J connectivity index is 0.00000162. The number of carboxylic acid groups (broad SMARTS) is 1. The van der Waals surface area contributed by atoms with Crippen molar-refractivity contribution in [1.82, 2.24) is 5.32 Å². The maximum Gasteiger partial charge on any atom is 0.325 e. The highest BCUT2D eigenvalue weighted by Gasteiger charge is 2.65. The normalized spacial score (nSPS) is 29.6. The summed E-state index contributed by atoms with van der Waals surface area (Å²) in [7, 11) is 1.27. The summed E-state index contributed by atoms with van der Waals surface area (Å²) in [5, 5.41) is 12.6. The van der Waals surface area contributed by atoms with E-state index in [1.807, 2.05) is 0 Å². The van der Waals surface area contributed by atoms with Gasteiger partial charge in [0.15, 0.2) is 5.41 Å². The minimum atomic E-state index is -1.39. The first-order valence-electron chi connectivity index (χ1n) is 6.12. The Labute approximate surface area is 113 Å². The summed E-state index contributed by atoms with van der Waals surface area (Å²) in [4.78, 5) is 23.7. The third-order valence-electron chi connectivity index (χ3n) is 4.47. The zero-order valence-corrected chi connectivity index (χ0v) is 11.3. The van der Waals surface area contributed by atoms with Gasteiger partial charge in [0.25, 0.3) is 0 Å². The van der Waals surface area contributed by atoms with Gasteiger partial charge in [0, 0.05) is 18.5 Å². The Morgan fingerprint density at radius 3 is 2.28 bits per heavy atom. The molecule has 1 aliphatic carbocycles. The van der Waals surface area contributed by atoms with E-state index in [4.69, 9.17) is 4.74 Å². The van der Waals surface area contributed by atoms with Crippen LogP contribution in [0, 0.1) is 10.8 Å². The maximum absolute atomic E-state index is 12.0. The fourth-order valence-electron chi connectivity index (χ4n) is 3.51. The molecule has 2 rings (SSSR count). The fraction of sp³-hybridized carbons (Fsp3) is 0.833. The second kappa shape index (κ2) is 5.45. The average Bonchev–Trinajstić information content (AvgIpc) is 2.69. The molecule has 1 spiro atoms. The van der Waals surface area contributed by atoms with Crippen LogP contribution in [0.4, 0.5) is 0 Å². The van der Waals surface area contributed by atoms with Crippen LogP contribution >= 0.6 is 12.4 Å². The quantitative estimate of drug-likeness (QED) is 0.586. The van der Waals surface area contributed by atoms with Crippen molar-refractivity contribution >= 4 is 24.3 Å². The van der Waals surface area contributed by atoms with Crippen LogP contribution in [-0.2, 0) is 14.3 Å². The van der Waals surface area contributed by atoms with Crippen molar-refractivity contribution in [2.75, 3.05) is 20.2 Å². The molecule has 2 N–H and O–H groups in total. The summed E-state index contributed by atoms with van der Waals surface area (Å²) in [5.74, 6) is -1.65. The predicted molar refractivity (Wildman–Crippen MR) is 67.7 cm³/mol. The summed E-state index contributed by atoms with van der Waals surface area (Å²) >= 11 is 0. The zero-order chi connectivity index (χ0) is 12.5. The molecule has 2 aliphatic rings. The van der Waals surface area contributed by atoms with Gasteiger partial charge in [-0.2, -0.15) is 0 Å². The highest BCUT2D eigenvalue weighted by Crippen LogP contribution is 2.53.